The van der Waals surface area contributed by atoms with Crippen molar-refractivity contribution in [2.24, 2.45) is 23.4 Å². The van der Waals surface area contributed by atoms with Gasteiger partial charge in [0, 0.05) is 31.2 Å². The van der Waals surface area contributed by atoms with Gasteiger partial charge in [0.25, 0.3) is 5.91 Å². The van der Waals surface area contributed by atoms with E-state index in [4.69, 9.17) is 10.9 Å². The number of aryl methyl sites for hydroxylation is 2. The molecule has 2 rings (SSSR count). The van der Waals surface area contributed by atoms with Gasteiger partial charge < -0.3 is 15.8 Å². The third-order valence-electron chi connectivity index (χ3n) is 4.60. The molecule has 1 aromatic heterocycles. The van der Waals surface area contributed by atoms with E-state index < -0.39 is 0 Å². The Morgan fingerprint density at radius 2 is 1.95 bits per heavy atom. The molecule has 7 nitrogen and oxygen atoms in total. The first kappa shape index (κ1) is 15.3. The summed E-state index contributed by atoms with van der Waals surface area (Å²) in [7, 11) is 1.84. The molecular formula is C14H23N5O2. The number of hydrogen-bond acceptors (Lipinski definition) is 4. The van der Waals surface area contributed by atoms with Crippen LogP contribution in [0.1, 0.15) is 41.5 Å². The average Bonchev–Trinajstić information content (AvgIpc) is 2.71. The van der Waals surface area contributed by atoms with Crippen LogP contribution in [-0.4, -0.2) is 44.7 Å². The van der Waals surface area contributed by atoms with Gasteiger partial charge in [-0.1, -0.05) is 12.1 Å². The van der Waals surface area contributed by atoms with E-state index >= 15 is 0 Å². The number of hydrogen-bond donors (Lipinski definition) is 2. The molecule has 7 heteroatoms. The molecule has 2 heterocycles. The number of carbonyl (C=O) groups excluding carboxylic acids is 1. The SMILES string of the molecule is Cc1nn(C)c(C)c1C(=O)N1CCC(C)(C(N)=NO)CC1. The van der Waals surface area contributed by atoms with Crippen LogP contribution in [0.15, 0.2) is 5.16 Å². The molecule has 21 heavy (non-hydrogen) atoms. The van der Waals surface area contributed by atoms with Crippen LogP contribution in [0.2, 0.25) is 0 Å². The van der Waals surface area contributed by atoms with Crippen LogP contribution in [0.3, 0.4) is 0 Å². The zero-order chi connectivity index (χ0) is 15.8. The predicted octanol–water partition coefficient (Wildman–Crippen LogP) is 1.03. The summed E-state index contributed by atoms with van der Waals surface area (Å²) in [6.07, 6.45) is 1.37. The highest BCUT2D eigenvalue weighted by Gasteiger charge is 2.36. The molecule has 1 saturated heterocycles. The summed E-state index contributed by atoms with van der Waals surface area (Å²) >= 11 is 0. The number of amidine groups is 1. The van der Waals surface area contributed by atoms with E-state index in [9.17, 15) is 4.79 Å². The normalized spacial score (nSPS) is 18.9. The van der Waals surface area contributed by atoms with Crippen LogP contribution >= 0.6 is 0 Å². The zero-order valence-electron chi connectivity index (χ0n) is 13.1. The van der Waals surface area contributed by atoms with Gasteiger partial charge in [-0.25, -0.2) is 0 Å². The standard InChI is InChI=1S/C14H23N5O2/c1-9-11(10(2)18(4)16-9)12(20)19-7-5-14(3,6-8-19)13(15)17-21/h21H,5-8H2,1-4H3,(H2,15,17). The van der Waals surface area contributed by atoms with Crippen LogP contribution in [-0.2, 0) is 7.05 Å². The minimum absolute atomic E-state index is 0.0136. The van der Waals surface area contributed by atoms with Crippen molar-refractivity contribution in [3.63, 3.8) is 0 Å². The van der Waals surface area contributed by atoms with Crippen LogP contribution < -0.4 is 5.73 Å². The smallest absolute Gasteiger partial charge is 0.257 e. The number of oxime groups is 1. The van der Waals surface area contributed by atoms with Gasteiger partial charge in [-0.05, 0) is 26.7 Å². The van der Waals surface area contributed by atoms with Gasteiger partial charge >= 0.3 is 0 Å². The molecule has 0 aliphatic carbocycles. The molecule has 1 aromatic rings. The van der Waals surface area contributed by atoms with Gasteiger partial charge in [0.2, 0.25) is 0 Å². The Balaban J connectivity index is 2.14. The van der Waals surface area contributed by atoms with Gasteiger partial charge in [0.15, 0.2) is 0 Å². The molecule has 116 valence electrons. The fraction of sp³-hybridized carbons (Fsp3) is 0.643. The summed E-state index contributed by atoms with van der Waals surface area (Å²) in [5.41, 5.74) is 7.72. The van der Waals surface area contributed by atoms with Crippen molar-refractivity contribution in [2.45, 2.75) is 33.6 Å². The molecule has 0 bridgehead atoms. The second-order valence-corrected chi connectivity index (χ2v) is 6.01. The molecule has 0 atom stereocenters. The lowest BCUT2D eigenvalue weighted by Gasteiger charge is -2.38. The number of likely N-dealkylation sites (tertiary alicyclic amines) is 1. The highest BCUT2D eigenvalue weighted by atomic mass is 16.4. The van der Waals surface area contributed by atoms with E-state index in [1.807, 2.05) is 32.7 Å². The van der Waals surface area contributed by atoms with Gasteiger partial charge in [-0.15, -0.1) is 0 Å². The predicted molar refractivity (Wildman–Crippen MR) is 79.3 cm³/mol. The third kappa shape index (κ3) is 2.59. The number of piperidine rings is 1. The Morgan fingerprint density at radius 1 is 1.38 bits per heavy atom. The minimum Gasteiger partial charge on any atom is -0.409 e. The van der Waals surface area contributed by atoms with Crippen LogP contribution in [0.5, 0.6) is 0 Å². The summed E-state index contributed by atoms with van der Waals surface area (Å²) in [5.74, 6) is 0.253. The monoisotopic (exact) mass is 293 g/mol. The zero-order valence-corrected chi connectivity index (χ0v) is 13.1. The molecule has 0 saturated carbocycles. The first-order valence-corrected chi connectivity index (χ1v) is 7.07. The first-order chi connectivity index (χ1) is 9.80. The van der Waals surface area contributed by atoms with E-state index in [0.29, 0.717) is 31.5 Å². The topological polar surface area (TPSA) is 96.7 Å². The Bertz CT molecular complexity index is 582. The molecule has 0 unspecified atom stereocenters. The molecule has 3 N–H and O–H groups in total. The van der Waals surface area contributed by atoms with E-state index in [1.165, 1.54) is 0 Å². The van der Waals surface area contributed by atoms with Crippen molar-refractivity contribution in [2.75, 3.05) is 13.1 Å². The first-order valence-electron chi connectivity index (χ1n) is 7.07. The Labute approximate surface area is 124 Å². The van der Waals surface area contributed by atoms with Gasteiger partial charge in [-0.3, -0.25) is 9.48 Å². The number of amides is 1. The van der Waals surface area contributed by atoms with Crippen LogP contribution in [0, 0.1) is 19.3 Å². The minimum atomic E-state index is -0.343. The third-order valence-corrected chi connectivity index (χ3v) is 4.60. The van der Waals surface area contributed by atoms with Crippen molar-refractivity contribution < 1.29 is 10.0 Å². The van der Waals surface area contributed by atoms with Crippen molar-refractivity contribution in [3.05, 3.63) is 17.0 Å². The number of aromatic nitrogens is 2. The summed E-state index contributed by atoms with van der Waals surface area (Å²) in [4.78, 5) is 14.5. The lowest BCUT2D eigenvalue weighted by Crippen LogP contribution is -2.47. The molecular weight excluding hydrogens is 270 g/mol. The molecule has 0 spiro atoms. The van der Waals surface area contributed by atoms with Gasteiger partial charge in [0.1, 0.15) is 5.84 Å². The van der Waals surface area contributed by atoms with Gasteiger partial charge in [-0.2, -0.15) is 5.10 Å². The fourth-order valence-electron chi connectivity index (χ4n) is 2.82. The molecule has 1 aliphatic heterocycles. The number of nitrogens with two attached hydrogens (primary N) is 1. The van der Waals surface area contributed by atoms with E-state index in [2.05, 4.69) is 10.3 Å². The number of nitrogens with zero attached hydrogens (tertiary/aromatic N) is 4. The molecule has 1 fully saturated rings. The fourth-order valence-corrected chi connectivity index (χ4v) is 2.82. The highest BCUT2D eigenvalue weighted by Crippen LogP contribution is 2.32. The summed E-state index contributed by atoms with van der Waals surface area (Å²) < 4.78 is 1.73. The summed E-state index contributed by atoms with van der Waals surface area (Å²) in [6.45, 7) is 6.91. The Morgan fingerprint density at radius 3 is 2.38 bits per heavy atom. The highest BCUT2D eigenvalue weighted by molar-refractivity contribution is 5.96. The summed E-state index contributed by atoms with van der Waals surface area (Å²) in [5, 5.41) is 16.3. The van der Waals surface area contributed by atoms with Crippen molar-refractivity contribution >= 4 is 11.7 Å². The Hall–Kier alpha value is -2.05. The molecule has 1 aliphatic rings. The number of carbonyl (C=O) groups is 1. The average molecular weight is 293 g/mol. The van der Waals surface area contributed by atoms with Crippen molar-refractivity contribution in [3.8, 4) is 0 Å². The lowest BCUT2D eigenvalue weighted by molar-refractivity contribution is 0.0665. The van der Waals surface area contributed by atoms with E-state index in [-0.39, 0.29) is 17.2 Å². The van der Waals surface area contributed by atoms with Crippen molar-refractivity contribution in [1.29, 1.82) is 0 Å². The second-order valence-electron chi connectivity index (χ2n) is 6.01. The quantitative estimate of drug-likeness (QED) is 0.368. The summed E-state index contributed by atoms with van der Waals surface area (Å²) in [6, 6.07) is 0. The maximum atomic E-state index is 12.7. The maximum Gasteiger partial charge on any atom is 0.257 e. The van der Waals surface area contributed by atoms with E-state index in [1.54, 1.807) is 4.68 Å². The maximum absolute atomic E-state index is 12.7. The molecule has 0 radical (unpaired) electrons. The largest absolute Gasteiger partial charge is 0.409 e. The Kier molecular flexibility index (Phi) is 3.93. The number of rotatable bonds is 2. The second kappa shape index (κ2) is 5.38. The van der Waals surface area contributed by atoms with Gasteiger partial charge in [0.05, 0.1) is 11.3 Å². The lowest BCUT2D eigenvalue weighted by atomic mass is 9.79. The molecule has 0 aromatic carbocycles. The van der Waals surface area contributed by atoms with Crippen LogP contribution in [0.25, 0.3) is 0 Å². The van der Waals surface area contributed by atoms with Crippen molar-refractivity contribution in [1.82, 2.24) is 14.7 Å². The van der Waals surface area contributed by atoms with E-state index in [0.717, 1.165) is 11.4 Å². The van der Waals surface area contributed by atoms with Crippen LogP contribution in [0.4, 0.5) is 0 Å². The molecule has 1 amide bonds.